The largest absolute Gasteiger partial charge is 0.494 e. The quantitative estimate of drug-likeness (QED) is 0.566. The van der Waals surface area contributed by atoms with E-state index in [0.29, 0.717) is 18.8 Å². The van der Waals surface area contributed by atoms with Crippen LogP contribution >= 0.6 is 0 Å². The van der Waals surface area contributed by atoms with Crippen molar-refractivity contribution in [2.24, 2.45) is 5.73 Å². The van der Waals surface area contributed by atoms with Gasteiger partial charge in [0.2, 0.25) is 11.8 Å². The number of para-hydroxylation sites is 1. The molecule has 1 aromatic rings. The van der Waals surface area contributed by atoms with Crippen LogP contribution in [0.2, 0.25) is 0 Å². The molecule has 1 aromatic carbocycles. The average Bonchev–Trinajstić information content (AvgIpc) is 2.43. The first kappa shape index (κ1) is 16.5. The summed E-state index contributed by atoms with van der Waals surface area (Å²) in [6.45, 7) is 0.338. The molecule has 4 N–H and O–H groups in total. The normalized spacial score (nSPS) is 11.4. The lowest BCUT2D eigenvalue weighted by molar-refractivity contribution is -0.143. The van der Waals surface area contributed by atoms with Crippen molar-refractivity contribution >= 4 is 17.8 Å². The van der Waals surface area contributed by atoms with Gasteiger partial charge in [-0.25, -0.2) is 4.79 Å². The number of benzene rings is 1. The maximum absolute atomic E-state index is 11.6. The monoisotopic (exact) mass is 294 g/mol. The number of carboxylic acid groups (broad SMARTS) is 1. The van der Waals surface area contributed by atoms with E-state index in [4.69, 9.17) is 15.6 Å². The van der Waals surface area contributed by atoms with Gasteiger partial charge in [0.1, 0.15) is 11.8 Å². The number of carboxylic acids is 1. The molecule has 0 radical (unpaired) electrons. The van der Waals surface area contributed by atoms with Crippen LogP contribution in [0.3, 0.4) is 0 Å². The zero-order valence-corrected chi connectivity index (χ0v) is 11.5. The summed E-state index contributed by atoms with van der Waals surface area (Å²) < 4.78 is 5.40. The number of carbonyl (C=O) groups excluding carboxylic acids is 2. The third-order valence-electron chi connectivity index (χ3n) is 2.60. The second-order valence-electron chi connectivity index (χ2n) is 4.39. The van der Waals surface area contributed by atoms with E-state index in [2.05, 4.69) is 5.32 Å². The van der Waals surface area contributed by atoms with E-state index in [1.165, 1.54) is 0 Å². The van der Waals surface area contributed by atoms with Gasteiger partial charge in [0.25, 0.3) is 0 Å². The zero-order valence-electron chi connectivity index (χ0n) is 11.5. The van der Waals surface area contributed by atoms with Gasteiger partial charge in [-0.2, -0.15) is 0 Å². The first-order valence-electron chi connectivity index (χ1n) is 6.47. The van der Waals surface area contributed by atoms with E-state index < -0.39 is 30.2 Å². The third-order valence-corrected chi connectivity index (χ3v) is 2.60. The van der Waals surface area contributed by atoms with Crippen molar-refractivity contribution < 1.29 is 24.2 Å². The first-order valence-corrected chi connectivity index (χ1v) is 6.47. The molecule has 0 aliphatic heterocycles. The maximum atomic E-state index is 11.6. The minimum atomic E-state index is -1.29. The molecule has 0 aromatic heterocycles. The highest BCUT2D eigenvalue weighted by Gasteiger charge is 2.21. The molecule has 114 valence electrons. The van der Waals surface area contributed by atoms with Crippen molar-refractivity contribution in [3.05, 3.63) is 30.3 Å². The predicted octanol–water partition coefficient (Wildman–Crippen LogP) is 0.290. The number of carbonyl (C=O) groups is 3. The average molecular weight is 294 g/mol. The molecule has 21 heavy (non-hydrogen) atoms. The van der Waals surface area contributed by atoms with E-state index in [-0.39, 0.29) is 6.42 Å². The minimum Gasteiger partial charge on any atom is -0.494 e. The Kier molecular flexibility index (Phi) is 6.73. The van der Waals surface area contributed by atoms with Crippen molar-refractivity contribution in [1.82, 2.24) is 5.32 Å². The summed E-state index contributed by atoms with van der Waals surface area (Å²) in [6, 6.07) is 7.85. The van der Waals surface area contributed by atoms with Crippen molar-refractivity contribution in [3.8, 4) is 5.75 Å². The van der Waals surface area contributed by atoms with Gasteiger partial charge in [0.05, 0.1) is 13.0 Å². The Morgan fingerprint density at radius 3 is 2.48 bits per heavy atom. The molecule has 1 rings (SSSR count). The predicted molar refractivity (Wildman–Crippen MR) is 74.5 cm³/mol. The van der Waals surface area contributed by atoms with Crippen molar-refractivity contribution in [2.45, 2.75) is 25.3 Å². The molecule has 0 aliphatic rings. The fourth-order valence-electron chi connectivity index (χ4n) is 1.61. The molecular weight excluding hydrogens is 276 g/mol. The number of rotatable bonds is 9. The number of hydrogen-bond donors (Lipinski definition) is 3. The third kappa shape index (κ3) is 6.95. The first-order chi connectivity index (χ1) is 9.99. The number of nitrogens with one attached hydrogen (secondary N) is 1. The van der Waals surface area contributed by atoms with Gasteiger partial charge < -0.3 is 20.9 Å². The minimum absolute atomic E-state index is 0.107. The van der Waals surface area contributed by atoms with Crippen LogP contribution in [0.15, 0.2) is 30.3 Å². The number of nitrogens with two attached hydrogens (primary N) is 1. The van der Waals surface area contributed by atoms with Crippen molar-refractivity contribution in [2.75, 3.05) is 6.61 Å². The lowest BCUT2D eigenvalue weighted by Gasteiger charge is -2.12. The Morgan fingerprint density at radius 2 is 1.90 bits per heavy atom. The Morgan fingerprint density at radius 1 is 1.24 bits per heavy atom. The summed E-state index contributed by atoms with van der Waals surface area (Å²) in [5.41, 5.74) is 4.92. The molecule has 1 atom stereocenters. The number of amides is 2. The van der Waals surface area contributed by atoms with E-state index in [1.54, 1.807) is 12.1 Å². The fourth-order valence-corrected chi connectivity index (χ4v) is 1.61. The van der Waals surface area contributed by atoms with E-state index in [9.17, 15) is 14.4 Å². The molecule has 0 fully saturated rings. The van der Waals surface area contributed by atoms with Crippen LogP contribution in [-0.2, 0) is 14.4 Å². The molecule has 7 nitrogen and oxygen atoms in total. The van der Waals surface area contributed by atoms with Crippen LogP contribution in [0.1, 0.15) is 19.3 Å². The highest BCUT2D eigenvalue weighted by atomic mass is 16.5. The highest BCUT2D eigenvalue weighted by molar-refractivity contribution is 5.88. The van der Waals surface area contributed by atoms with Crippen LogP contribution in [0.25, 0.3) is 0 Å². The standard InChI is InChI=1S/C14H18N2O5/c15-12(17)9-11(14(19)20)16-13(18)7-4-8-21-10-5-2-1-3-6-10/h1-3,5-6,11H,4,7-9H2,(H2,15,17)(H,16,18)(H,19,20). The molecular formula is C14H18N2O5. The van der Waals surface area contributed by atoms with Crippen LogP contribution in [-0.4, -0.2) is 35.5 Å². The summed E-state index contributed by atoms with van der Waals surface area (Å²) in [5, 5.41) is 11.1. The Balaban J connectivity index is 2.26. The van der Waals surface area contributed by atoms with Crippen LogP contribution in [0.5, 0.6) is 5.75 Å². The van der Waals surface area contributed by atoms with Crippen LogP contribution < -0.4 is 15.8 Å². The van der Waals surface area contributed by atoms with Crippen LogP contribution in [0, 0.1) is 0 Å². The molecule has 0 saturated carbocycles. The highest BCUT2D eigenvalue weighted by Crippen LogP contribution is 2.08. The van der Waals surface area contributed by atoms with Crippen LogP contribution in [0.4, 0.5) is 0 Å². The second kappa shape index (κ2) is 8.57. The fraction of sp³-hybridized carbons (Fsp3) is 0.357. The molecule has 2 amide bonds. The SMILES string of the molecule is NC(=O)CC(NC(=O)CCCOc1ccccc1)C(=O)O. The van der Waals surface area contributed by atoms with Crippen molar-refractivity contribution in [3.63, 3.8) is 0 Å². The number of primary amides is 1. The molecule has 0 bridgehead atoms. The lowest BCUT2D eigenvalue weighted by atomic mass is 10.2. The van der Waals surface area contributed by atoms with Gasteiger partial charge in [-0.15, -0.1) is 0 Å². The summed E-state index contributed by atoms with van der Waals surface area (Å²) in [5.74, 6) is -1.83. The van der Waals surface area contributed by atoms with Gasteiger partial charge in [0.15, 0.2) is 0 Å². The maximum Gasteiger partial charge on any atom is 0.326 e. The summed E-state index contributed by atoms with van der Waals surface area (Å²) >= 11 is 0. The smallest absolute Gasteiger partial charge is 0.326 e. The summed E-state index contributed by atoms with van der Waals surface area (Å²) in [7, 11) is 0. The van der Waals surface area contributed by atoms with Gasteiger partial charge in [-0.3, -0.25) is 9.59 Å². The van der Waals surface area contributed by atoms with E-state index in [0.717, 1.165) is 0 Å². The molecule has 0 saturated heterocycles. The Bertz CT molecular complexity index is 489. The van der Waals surface area contributed by atoms with E-state index >= 15 is 0 Å². The number of hydrogen-bond acceptors (Lipinski definition) is 4. The van der Waals surface area contributed by atoms with Gasteiger partial charge in [-0.05, 0) is 18.6 Å². The van der Waals surface area contributed by atoms with Gasteiger partial charge in [-0.1, -0.05) is 18.2 Å². The molecule has 0 aliphatic carbocycles. The second-order valence-corrected chi connectivity index (χ2v) is 4.39. The Hall–Kier alpha value is -2.57. The number of aliphatic carboxylic acids is 1. The summed E-state index contributed by atoms with van der Waals surface area (Å²) in [4.78, 5) is 33.1. The summed E-state index contributed by atoms with van der Waals surface area (Å²) in [6.07, 6.45) is 0.112. The van der Waals surface area contributed by atoms with Crippen molar-refractivity contribution in [1.29, 1.82) is 0 Å². The number of ether oxygens (including phenoxy) is 1. The Labute approximate surface area is 122 Å². The molecule has 0 spiro atoms. The van der Waals surface area contributed by atoms with E-state index in [1.807, 2.05) is 18.2 Å². The molecule has 7 heteroatoms. The molecule has 1 unspecified atom stereocenters. The topological polar surface area (TPSA) is 119 Å². The zero-order chi connectivity index (χ0) is 15.7. The lowest BCUT2D eigenvalue weighted by Crippen LogP contribution is -2.43. The molecule has 0 heterocycles. The van der Waals surface area contributed by atoms with Gasteiger partial charge >= 0.3 is 5.97 Å². The van der Waals surface area contributed by atoms with Gasteiger partial charge in [0, 0.05) is 6.42 Å².